The number of nitrogens with two attached hydrogens (primary N) is 1. The van der Waals surface area contributed by atoms with Crippen molar-refractivity contribution >= 4 is 0 Å². The number of aromatic nitrogens is 2. The fraction of sp³-hybridized carbons (Fsp3) is 0.333. The van der Waals surface area contributed by atoms with Crippen molar-refractivity contribution in [1.82, 2.24) is 9.55 Å². The zero-order valence-electron chi connectivity index (χ0n) is 12.0. The molecule has 0 fully saturated rings. The Bertz CT molecular complexity index is 677. The smallest absolute Gasteiger partial charge is 0.254 e. The van der Waals surface area contributed by atoms with Crippen molar-refractivity contribution < 1.29 is 4.74 Å². The zero-order valence-corrected chi connectivity index (χ0v) is 12.0. The van der Waals surface area contributed by atoms with Gasteiger partial charge in [-0.1, -0.05) is 12.1 Å². The van der Waals surface area contributed by atoms with E-state index in [-0.39, 0.29) is 5.56 Å². The molecule has 0 aliphatic carbocycles. The van der Waals surface area contributed by atoms with Crippen LogP contribution in [0.2, 0.25) is 0 Å². The molecule has 2 rings (SSSR count). The first kappa shape index (κ1) is 14.3. The Morgan fingerprint density at radius 1 is 1.30 bits per heavy atom. The van der Waals surface area contributed by atoms with Crippen LogP contribution in [0.4, 0.5) is 0 Å². The Morgan fingerprint density at radius 3 is 2.65 bits per heavy atom. The number of hydrogen-bond donors (Lipinski definition) is 1. The summed E-state index contributed by atoms with van der Waals surface area (Å²) in [5.41, 5.74) is 8.27. The number of rotatable bonds is 4. The third-order valence-electron chi connectivity index (χ3n) is 3.24. The molecule has 0 aliphatic heterocycles. The summed E-state index contributed by atoms with van der Waals surface area (Å²) in [7, 11) is 1.61. The van der Waals surface area contributed by atoms with Crippen molar-refractivity contribution in [3.63, 3.8) is 0 Å². The van der Waals surface area contributed by atoms with Crippen molar-refractivity contribution in [2.75, 3.05) is 7.11 Å². The first-order chi connectivity index (χ1) is 9.55. The van der Waals surface area contributed by atoms with Crippen LogP contribution in [0, 0.1) is 13.8 Å². The van der Waals surface area contributed by atoms with E-state index in [1.54, 1.807) is 17.7 Å². The van der Waals surface area contributed by atoms with Crippen LogP contribution >= 0.6 is 0 Å². The molecule has 5 heteroatoms. The molecule has 2 N–H and O–H groups in total. The normalized spacial score (nSPS) is 10.6. The Hall–Kier alpha value is -2.14. The molecule has 0 saturated heterocycles. The van der Waals surface area contributed by atoms with Gasteiger partial charge < -0.3 is 10.5 Å². The van der Waals surface area contributed by atoms with Gasteiger partial charge in [-0.2, -0.15) is 0 Å². The molecule has 0 saturated carbocycles. The van der Waals surface area contributed by atoms with E-state index in [0.29, 0.717) is 18.9 Å². The highest BCUT2D eigenvalue weighted by Crippen LogP contribution is 2.20. The van der Waals surface area contributed by atoms with Crippen LogP contribution in [-0.2, 0) is 13.1 Å². The topological polar surface area (TPSA) is 70.1 Å². The molecule has 106 valence electrons. The minimum absolute atomic E-state index is 0.0446. The SMILES string of the molecule is COc1cc(Cn2c(C)nc(C)cc2=O)ccc1CN. The number of methoxy groups -OCH3 is 1. The highest BCUT2D eigenvalue weighted by molar-refractivity contribution is 5.37. The lowest BCUT2D eigenvalue weighted by atomic mass is 10.1. The van der Waals surface area contributed by atoms with E-state index in [9.17, 15) is 4.79 Å². The molecule has 0 aliphatic rings. The first-order valence-electron chi connectivity index (χ1n) is 6.46. The molecular weight excluding hydrogens is 254 g/mol. The summed E-state index contributed by atoms with van der Waals surface area (Å²) < 4.78 is 6.95. The van der Waals surface area contributed by atoms with Crippen molar-refractivity contribution in [2.24, 2.45) is 5.73 Å². The van der Waals surface area contributed by atoms with Crippen molar-refractivity contribution in [3.8, 4) is 5.75 Å². The van der Waals surface area contributed by atoms with Gasteiger partial charge in [-0.25, -0.2) is 4.98 Å². The molecule has 0 bridgehead atoms. The molecule has 20 heavy (non-hydrogen) atoms. The number of benzene rings is 1. The van der Waals surface area contributed by atoms with Gasteiger partial charge in [0.1, 0.15) is 11.6 Å². The van der Waals surface area contributed by atoms with Crippen molar-refractivity contribution in [3.05, 3.63) is 57.3 Å². The summed E-state index contributed by atoms with van der Waals surface area (Å²) in [5.74, 6) is 1.45. The van der Waals surface area contributed by atoms with Gasteiger partial charge in [-0.05, 0) is 25.5 Å². The number of nitrogens with zero attached hydrogens (tertiary/aromatic N) is 2. The number of ether oxygens (including phenoxy) is 1. The summed E-state index contributed by atoms with van der Waals surface area (Å²) in [6.07, 6.45) is 0. The van der Waals surface area contributed by atoms with Crippen LogP contribution in [0.15, 0.2) is 29.1 Å². The summed E-state index contributed by atoms with van der Waals surface area (Å²) in [6.45, 7) is 4.55. The van der Waals surface area contributed by atoms with Gasteiger partial charge >= 0.3 is 0 Å². The van der Waals surface area contributed by atoms with Crippen LogP contribution in [0.25, 0.3) is 0 Å². The van der Waals surface area contributed by atoms with Crippen molar-refractivity contribution in [1.29, 1.82) is 0 Å². The van der Waals surface area contributed by atoms with Crippen molar-refractivity contribution in [2.45, 2.75) is 26.9 Å². The minimum atomic E-state index is -0.0446. The zero-order chi connectivity index (χ0) is 14.7. The second-order valence-corrected chi connectivity index (χ2v) is 4.72. The number of hydrogen-bond acceptors (Lipinski definition) is 4. The Balaban J connectivity index is 2.38. The Kier molecular flexibility index (Phi) is 4.20. The molecule has 0 atom stereocenters. The quantitative estimate of drug-likeness (QED) is 0.913. The minimum Gasteiger partial charge on any atom is -0.496 e. The average molecular weight is 273 g/mol. The Morgan fingerprint density at radius 2 is 2.05 bits per heavy atom. The maximum Gasteiger partial charge on any atom is 0.254 e. The van der Waals surface area contributed by atoms with E-state index in [4.69, 9.17) is 10.5 Å². The fourth-order valence-corrected chi connectivity index (χ4v) is 2.19. The van der Waals surface area contributed by atoms with E-state index >= 15 is 0 Å². The van der Waals surface area contributed by atoms with Crippen LogP contribution in [-0.4, -0.2) is 16.7 Å². The average Bonchev–Trinajstić information content (AvgIpc) is 2.42. The lowest BCUT2D eigenvalue weighted by Gasteiger charge is -2.12. The second kappa shape index (κ2) is 5.88. The van der Waals surface area contributed by atoms with E-state index in [1.807, 2.05) is 32.0 Å². The highest BCUT2D eigenvalue weighted by Gasteiger charge is 2.07. The van der Waals surface area contributed by atoms with Gasteiger partial charge in [0.2, 0.25) is 0 Å². The van der Waals surface area contributed by atoms with Crippen LogP contribution in [0.3, 0.4) is 0 Å². The lowest BCUT2D eigenvalue weighted by molar-refractivity contribution is 0.409. The largest absolute Gasteiger partial charge is 0.496 e. The van der Waals surface area contributed by atoms with Gasteiger partial charge in [0.25, 0.3) is 5.56 Å². The first-order valence-corrected chi connectivity index (χ1v) is 6.46. The molecule has 0 amide bonds. The number of aryl methyl sites for hydroxylation is 2. The summed E-state index contributed by atoms with van der Waals surface area (Å²) in [5, 5.41) is 0. The van der Waals surface area contributed by atoms with Gasteiger partial charge in [0.15, 0.2) is 0 Å². The van der Waals surface area contributed by atoms with Gasteiger partial charge in [0.05, 0.1) is 13.7 Å². The monoisotopic (exact) mass is 273 g/mol. The maximum atomic E-state index is 12.0. The molecular formula is C15H19N3O2. The van der Waals surface area contributed by atoms with E-state index < -0.39 is 0 Å². The van der Waals surface area contributed by atoms with Crippen LogP contribution in [0.1, 0.15) is 22.6 Å². The third kappa shape index (κ3) is 2.88. The maximum absolute atomic E-state index is 12.0. The summed E-state index contributed by atoms with van der Waals surface area (Å²) >= 11 is 0. The molecule has 0 spiro atoms. The predicted octanol–water partition coefficient (Wildman–Crippen LogP) is 1.38. The fourth-order valence-electron chi connectivity index (χ4n) is 2.19. The van der Waals surface area contributed by atoms with Gasteiger partial charge in [-0.15, -0.1) is 0 Å². The van der Waals surface area contributed by atoms with Crippen LogP contribution in [0.5, 0.6) is 5.75 Å². The van der Waals surface area contributed by atoms with Gasteiger partial charge in [0, 0.05) is 23.9 Å². The molecule has 2 aromatic rings. The molecule has 1 aromatic heterocycles. The van der Waals surface area contributed by atoms with Crippen LogP contribution < -0.4 is 16.0 Å². The molecule has 1 aromatic carbocycles. The highest BCUT2D eigenvalue weighted by atomic mass is 16.5. The van der Waals surface area contributed by atoms with E-state index in [1.165, 1.54) is 0 Å². The Labute approximate surface area is 118 Å². The molecule has 0 unspecified atom stereocenters. The standard InChI is InChI=1S/C15H19N3O2/c1-10-6-15(19)18(11(2)17-10)9-12-4-5-13(8-16)14(7-12)20-3/h4-7H,8-9,16H2,1-3H3. The van der Waals surface area contributed by atoms with E-state index in [2.05, 4.69) is 4.98 Å². The van der Waals surface area contributed by atoms with E-state index in [0.717, 1.165) is 22.6 Å². The summed E-state index contributed by atoms with van der Waals surface area (Å²) in [4.78, 5) is 16.3. The molecule has 1 heterocycles. The van der Waals surface area contributed by atoms with Gasteiger partial charge in [-0.3, -0.25) is 9.36 Å². The second-order valence-electron chi connectivity index (χ2n) is 4.72. The molecule has 0 radical (unpaired) electrons. The lowest BCUT2D eigenvalue weighted by Crippen LogP contribution is -2.24. The summed E-state index contributed by atoms with van der Waals surface area (Å²) in [6, 6.07) is 7.33. The predicted molar refractivity (Wildman–Crippen MR) is 78.0 cm³/mol. The third-order valence-corrected chi connectivity index (χ3v) is 3.24. The molecule has 5 nitrogen and oxygen atoms in total.